The summed E-state index contributed by atoms with van der Waals surface area (Å²) < 4.78 is 3.24. The maximum atomic E-state index is 12.5. The summed E-state index contributed by atoms with van der Waals surface area (Å²) in [6, 6.07) is 17.0. The predicted molar refractivity (Wildman–Crippen MR) is 95.8 cm³/mol. The molecule has 2 heterocycles. The molecule has 0 saturated carbocycles. The van der Waals surface area contributed by atoms with Crippen molar-refractivity contribution in [3.63, 3.8) is 0 Å². The molecule has 4 rings (SSSR count). The van der Waals surface area contributed by atoms with E-state index in [-0.39, 0.29) is 5.91 Å². The van der Waals surface area contributed by atoms with Gasteiger partial charge in [0.15, 0.2) is 5.82 Å². The van der Waals surface area contributed by atoms with Gasteiger partial charge in [-0.2, -0.15) is 5.10 Å². The van der Waals surface area contributed by atoms with Gasteiger partial charge in [-0.25, -0.2) is 9.36 Å². The molecule has 1 N–H and O–H groups in total. The molecular weight excluding hydrogens is 330 g/mol. The summed E-state index contributed by atoms with van der Waals surface area (Å²) >= 11 is 0. The first kappa shape index (κ1) is 15.7. The van der Waals surface area contributed by atoms with Crippen LogP contribution >= 0.6 is 0 Å². The van der Waals surface area contributed by atoms with E-state index >= 15 is 0 Å². The van der Waals surface area contributed by atoms with E-state index in [1.54, 1.807) is 28.8 Å². The maximum Gasteiger partial charge on any atom is 0.258 e. The molecule has 1 amide bonds. The summed E-state index contributed by atoms with van der Waals surface area (Å²) in [6.07, 6.45) is 3.24. The number of nitrogens with zero attached hydrogens (tertiary/aromatic N) is 6. The molecule has 0 spiro atoms. The summed E-state index contributed by atoms with van der Waals surface area (Å²) in [6.45, 7) is 0. The minimum absolute atomic E-state index is 0.236. The minimum Gasteiger partial charge on any atom is -0.322 e. The summed E-state index contributed by atoms with van der Waals surface area (Å²) in [5, 5.41) is 18.5. The van der Waals surface area contributed by atoms with Gasteiger partial charge in [-0.15, -0.1) is 5.10 Å². The molecule has 0 aliphatic heterocycles. The first-order chi connectivity index (χ1) is 12.7. The molecule has 128 valence electrons. The average Bonchev–Trinajstić information content (AvgIpc) is 3.32. The molecule has 8 heteroatoms. The lowest BCUT2D eigenvalue weighted by Gasteiger charge is -2.06. The lowest BCUT2D eigenvalue weighted by Crippen LogP contribution is -2.11. The largest absolute Gasteiger partial charge is 0.322 e. The fraction of sp³-hybridized carbons (Fsp3) is 0.0556. The van der Waals surface area contributed by atoms with Gasteiger partial charge >= 0.3 is 0 Å². The second-order valence-electron chi connectivity index (χ2n) is 5.67. The van der Waals surface area contributed by atoms with Crippen LogP contribution in [0, 0.1) is 0 Å². The highest BCUT2D eigenvalue weighted by atomic mass is 16.1. The second-order valence-corrected chi connectivity index (χ2v) is 5.67. The number of benzene rings is 2. The first-order valence-corrected chi connectivity index (χ1v) is 7.95. The summed E-state index contributed by atoms with van der Waals surface area (Å²) in [7, 11) is 1.76. The normalized spacial score (nSPS) is 10.7. The van der Waals surface area contributed by atoms with E-state index in [0.717, 1.165) is 11.3 Å². The summed E-state index contributed by atoms with van der Waals surface area (Å²) in [4.78, 5) is 12.5. The van der Waals surface area contributed by atoms with Crippen LogP contribution in [0.15, 0.2) is 67.0 Å². The molecule has 26 heavy (non-hydrogen) atoms. The summed E-state index contributed by atoms with van der Waals surface area (Å²) in [5.74, 6) is 0.387. The third-order valence-corrected chi connectivity index (χ3v) is 3.86. The Morgan fingerprint density at radius 1 is 1.08 bits per heavy atom. The molecule has 2 aromatic heterocycles. The number of para-hydroxylation sites is 1. The summed E-state index contributed by atoms with van der Waals surface area (Å²) in [5.41, 5.74) is 2.83. The zero-order valence-corrected chi connectivity index (χ0v) is 13.9. The molecular formula is C18H15N7O. The van der Waals surface area contributed by atoms with Gasteiger partial charge in [0.1, 0.15) is 0 Å². The quantitative estimate of drug-likeness (QED) is 0.613. The molecule has 0 bridgehead atoms. The Morgan fingerprint density at radius 2 is 1.92 bits per heavy atom. The van der Waals surface area contributed by atoms with Crippen LogP contribution in [0.5, 0.6) is 0 Å². The zero-order chi connectivity index (χ0) is 17.9. The molecule has 0 aliphatic rings. The smallest absolute Gasteiger partial charge is 0.258 e. The molecule has 0 unspecified atom stereocenters. The van der Waals surface area contributed by atoms with E-state index in [1.807, 2.05) is 54.6 Å². The number of amides is 1. The van der Waals surface area contributed by atoms with Crippen LogP contribution in [0.2, 0.25) is 0 Å². The van der Waals surface area contributed by atoms with Crippen LogP contribution in [0.4, 0.5) is 5.69 Å². The van der Waals surface area contributed by atoms with Crippen molar-refractivity contribution in [3.8, 4) is 17.1 Å². The lowest BCUT2D eigenvalue weighted by molar-refractivity contribution is 0.102. The highest BCUT2D eigenvalue weighted by Gasteiger charge is 2.11. The van der Waals surface area contributed by atoms with Crippen molar-refractivity contribution in [2.24, 2.45) is 7.05 Å². The van der Waals surface area contributed by atoms with Gasteiger partial charge in [-0.1, -0.05) is 30.3 Å². The Kier molecular flexibility index (Phi) is 3.98. The molecule has 2 aromatic carbocycles. The van der Waals surface area contributed by atoms with E-state index < -0.39 is 0 Å². The number of hydrogen-bond acceptors (Lipinski definition) is 5. The van der Waals surface area contributed by atoms with E-state index in [0.29, 0.717) is 17.1 Å². The van der Waals surface area contributed by atoms with Crippen molar-refractivity contribution in [1.82, 2.24) is 30.0 Å². The number of carbonyl (C=O) groups is 1. The number of anilines is 1. The Balaban J connectivity index is 1.54. The number of nitrogens with one attached hydrogen (secondary N) is 1. The third kappa shape index (κ3) is 3.07. The Morgan fingerprint density at radius 3 is 2.69 bits per heavy atom. The van der Waals surface area contributed by atoms with Crippen LogP contribution in [-0.4, -0.2) is 35.9 Å². The van der Waals surface area contributed by atoms with Crippen molar-refractivity contribution in [1.29, 1.82) is 0 Å². The second kappa shape index (κ2) is 6.60. The van der Waals surface area contributed by atoms with Crippen molar-refractivity contribution in [2.45, 2.75) is 0 Å². The Hall–Kier alpha value is -3.81. The van der Waals surface area contributed by atoms with Gasteiger partial charge in [-0.05, 0) is 34.7 Å². The van der Waals surface area contributed by atoms with E-state index in [4.69, 9.17) is 0 Å². The van der Waals surface area contributed by atoms with E-state index in [9.17, 15) is 4.79 Å². The molecule has 0 saturated heterocycles. The average molecular weight is 345 g/mol. The zero-order valence-electron chi connectivity index (χ0n) is 13.9. The van der Waals surface area contributed by atoms with Crippen molar-refractivity contribution in [3.05, 3.63) is 72.6 Å². The van der Waals surface area contributed by atoms with Gasteiger partial charge < -0.3 is 5.32 Å². The number of tetrazole rings is 1. The Labute approximate surface area is 149 Å². The molecule has 0 fully saturated rings. The standard InChI is InChI=1S/C18H15N7O/c1-24-17(21-22-23-24)13-6-5-7-15(10-13)20-18(26)14-11-19-25(12-14)16-8-3-2-4-9-16/h2-12H,1H3,(H,20,26). The molecule has 0 atom stereocenters. The highest BCUT2D eigenvalue weighted by molar-refractivity contribution is 6.04. The Bertz CT molecular complexity index is 1050. The molecule has 8 nitrogen and oxygen atoms in total. The predicted octanol–water partition coefficient (Wildman–Crippen LogP) is 2.32. The van der Waals surface area contributed by atoms with Gasteiger partial charge in [0, 0.05) is 24.5 Å². The number of rotatable bonds is 4. The fourth-order valence-electron chi connectivity index (χ4n) is 2.58. The maximum absolute atomic E-state index is 12.5. The van der Waals surface area contributed by atoms with E-state index in [1.165, 1.54) is 0 Å². The van der Waals surface area contributed by atoms with Gasteiger partial charge in [0.2, 0.25) is 0 Å². The lowest BCUT2D eigenvalue weighted by atomic mass is 10.2. The number of hydrogen-bond donors (Lipinski definition) is 1. The minimum atomic E-state index is -0.236. The molecule has 0 aliphatic carbocycles. The van der Waals surface area contributed by atoms with Gasteiger partial charge in [0.25, 0.3) is 5.91 Å². The number of aryl methyl sites for hydroxylation is 1. The van der Waals surface area contributed by atoms with Crippen LogP contribution in [0.25, 0.3) is 17.1 Å². The molecule has 4 aromatic rings. The SMILES string of the molecule is Cn1nnnc1-c1cccc(NC(=O)c2cnn(-c3ccccc3)c2)c1. The molecule has 0 radical (unpaired) electrons. The van der Waals surface area contributed by atoms with Gasteiger partial charge in [0.05, 0.1) is 17.4 Å². The number of aromatic nitrogens is 6. The van der Waals surface area contributed by atoms with E-state index in [2.05, 4.69) is 25.9 Å². The van der Waals surface area contributed by atoms with Crippen LogP contribution in [0.3, 0.4) is 0 Å². The van der Waals surface area contributed by atoms with Crippen LogP contribution < -0.4 is 5.32 Å². The highest BCUT2D eigenvalue weighted by Crippen LogP contribution is 2.20. The van der Waals surface area contributed by atoms with Crippen molar-refractivity contribution < 1.29 is 4.79 Å². The fourth-order valence-corrected chi connectivity index (χ4v) is 2.58. The topological polar surface area (TPSA) is 90.5 Å². The monoisotopic (exact) mass is 345 g/mol. The van der Waals surface area contributed by atoms with Crippen LogP contribution in [-0.2, 0) is 7.05 Å². The van der Waals surface area contributed by atoms with Crippen LogP contribution in [0.1, 0.15) is 10.4 Å². The van der Waals surface area contributed by atoms with Crippen molar-refractivity contribution in [2.75, 3.05) is 5.32 Å². The first-order valence-electron chi connectivity index (χ1n) is 7.95. The van der Waals surface area contributed by atoms with Crippen molar-refractivity contribution >= 4 is 11.6 Å². The number of carbonyl (C=O) groups excluding carboxylic acids is 1. The third-order valence-electron chi connectivity index (χ3n) is 3.86. The van der Waals surface area contributed by atoms with Gasteiger partial charge in [-0.3, -0.25) is 4.79 Å².